The maximum absolute atomic E-state index is 14.5. The Labute approximate surface area is 191 Å². The lowest BCUT2D eigenvalue weighted by atomic mass is 10.1. The second kappa shape index (κ2) is 8.67. The fraction of sp³-hybridized carbons (Fsp3) is 0.333. The Balaban J connectivity index is 1.21. The van der Waals surface area contributed by atoms with E-state index in [9.17, 15) is 18.8 Å². The molecule has 1 atom stereocenters. The normalized spacial score (nSPS) is 17.4. The van der Waals surface area contributed by atoms with Crippen LogP contribution in [0, 0.1) is 5.82 Å². The van der Waals surface area contributed by atoms with Crippen LogP contribution in [-0.2, 0) is 23.0 Å². The molecule has 1 fully saturated rings. The monoisotopic (exact) mass is 469 g/mol. The number of amides is 2. The van der Waals surface area contributed by atoms with Crippen molar-refractivity contribution < 1.29 is 23.5 Å². The van der Waals surface area contributed by atoms with Gasteiger partial charge in [-0.2, -0.15) is 0 Å². The smallest absolute Gasteiger partial charge is 0.416 e. The minimum atomic E-state index is -0.592. The minimum absolute atomic E-state index is 0.143. The number of anilines is 2. The third-order valence-corrected chi connectivity index (χ3v) is 5.58. The van der Waals surface area contributed by atoms with Crippen LogP contribution in [0.3, 0.4) is 0 Å². The Morgan fingerprint density at radius 2 is 2.09 bits per heavy atom. The average molecular weight is 469 g/mol. The molecule has 2 N–H and O–H groups in total. The maximum Gasteiger partial charge on any atom is 0.416 e. The summed E-state index contributed by atoms with van der Waals surface area (Å²) in [6.07, 6.45) is 1.76. The molecule has 13 heteroatoms. The summed E-state index contributed by atoms with van der Waals surface area (Å²) in [5, 5.41) is 5.71. The quantitative estimate of drug-likeness (QED) is 0.489. The van der Waals surface area contributed by atoms with Gasteiger partial charge >= 0.3 is 6.09 Å². The molecule has 0 bridgehead atoms. The molecule has 5 heterocycles. The lowest BCUT2D eigenvalue weighted by Gasteiger charge is -2.18. The number of aryl methyl sites for hydroxylation is 1. The molecule has 5 rings (SSSR count). The van der Waals surface area contributed by atoms with Crippen molar-refractivity contribution in [3.8, 4) is 5.88 Å². The number of carbonyl (C=O) groups excluding carboxylic acids is 2. The van der Waals surface area contributed by atoms with Crippen LogP contribution in [0.25, 0.3) is 11.0 Å². The fourth-order valence-corrected chi connectivity index (χ4v) is 3.92. The Morgan fingerprint density at radius 1 is 1.24 bits per heavy atom. The van der Waals surface area contributed by atoms with E-state index in [2.05, 4.69) is 25.6 Å². The van der Waals surface area contributed by atoms with Gasteiger partial charge in [-0.3, -0.25) is 19.5 Å². The molecule has 2 aliphatic heterocycles. The highest BCUT2D eigenvalue weighted by molar-refractivity contribution is 5.94. The van der Waals surface area contributed by atoms with Crippen LogP contribution in [0.15, 0.2) is 29.3 Å². The number of ether oxygens (including phenoxy) is 2. The van der Waals surface area contributed by atoms with Gasteiger partial charge in [0.05, 0.1) is 30.0 Å². The van der Waals surface area contributed by atoms with Crippen LogP contribution in [0.5, 0.6) is 5.88 Å². The van der Waals surface area contributed by atoms with Gasteiger partial charge in [-0.15, -0.1) is 0 Å². The number of cyclic esters (lactones) is 1. The van der Waals surface area contributed by atoms with Gasteiger partial charge in [0.1, 0.15) is 11.9 Å². The number of pyridine rings is 2. The molecule has 176 valence electrons. The Morgan fingerprint density at radius 3 is 2.94 bits per heavy atom. The molecule has 0 aliphatic carbocycles. The molecule has 12 nitrogen and oxygen atoms in total. The van der Waals surface area contributed by atoms with Crippen molar-refractivity contribution in [1.82, 2.24) is 24.8 Å². The Hall–Kier alpha value is -4.13. The molecule has 0 saturated carbocycles. The second-order valence-electron chi connectivity index (χ2n) is 7.84. The molecule has 0 unspecified atom stereocenters. The number of fused-ring (bicyclic) bond motifs is 2. The highest BCUT2D eigenvalue weighted by Gasteiger charge is 2.34. The minimum Gasteiger partial charge on any atom is -0.465 e. The van der Waals surface area contributed by atoms with E-state index < -0.39 is 18.0 Å². The van der Waals surface area contributed by atoms with Crippen molar-refractivity contribution in [3.05, 3.63) is 46.3 Å². The summed E-state index contributed by atoms with van der Waals surface area (Å²) in [7, 11) is 1.58. The number of nitrogens with one attached hydrogen (secondary N) is 2. The topological polar surface area (TPSA) is 141 Å². The largest absolute Gasteiger partial charge is 0.465 e. The fourth-order valence-electron chi connectivity index (χ4n) is 3.92. The summed E-state index contributed by atoms with van der Waals surface area (Å²) >= 11 is 0. The highest BCUT2D eigenvalue weighted by Crippen LogP contribution is 2.27. The first-order chi connectivity index (χ1) is 16.4. The van der Waals surface area contributed by atoms with E-state index >= 15 is 0 Å². The van der Waals surface area contributed by atoms with Gasteiger partial charge in [0.2, 0.25) is 0 Å². The third kappa shape index (κ3) is 4.01. The molecule has 3 aromatic heterocycles. The molecule has 3 aromatic rings. The van der Waals surface area contributed by atoms with E-state index in [-0.39, 0.29) is 42.1 Å². The number of aromatic nitrogens is 4. The van der Waals surface area contributed by atoms with E-state index in [0.29, 0.717) is 36.1 Å². The lowest BCUT2D eigenvalue weighted by molar-refractivity contribution is -0.118. The van der Waals surface area contributed by atoms with Crippen molar-refractivity contribution in [2.75, 3.05) is 36.5 Å². The Bertz CT molecular complexity index is 1360. The number of halogens is 1. The zero-order valence-electron chi connectivity index (χ0n) is 18.1. The predicted molar refractivity (Wildman–Crippen MR) is 117 cm³/mol. The Kier molecular flexibility index (Phi) is 5.53. The van der Waals surface area contributed by atoms with Gasteiger partial charge in [0, 0.05) is 25.2 Å². The predicted octanol–water partition coefficient (Wildman–Crippen LogP) is 0.351. The molecule has 2 aliphatic rings. The number of rotatable bonds is 6. The van der Waals surface area contributed by atoms with Crippen molar-refractivity contribution in [1.29, 1.82) is 0 Å². The van der Waals surface area contributed by atoms with Gasteiger partial charge in [0.25, 0.3) is 17.3 Å². The SMILES string of the molecule is Cn1c(=O)ccc2ncc(F)c(CCNC[C@H]3CN(c4cnc5c(n4)NC(=O)CO5)C(=O)O3)c21. The first-order valence-corrected chi connectivity index (χ1v) is 10.5. The van der Waals surface area contributed by atoms with Gasteiger partial charge in [-0.05, 0) is 19.0 Å². The summed E-state index contributed by atoms with van der Waals surface area (Å²) in [6.45, 7) is 0.782. The van der Waals surface area contributed by atoms with Crippen molar-refractivity contribution >= 4 is 34.7 Å². The lowest BCUT2D eigenvalue weighted by Crippen LogP contribution is -2.33. The summed E-state index contributed by atoms with van der Waals surface area (Å²) in [4.78, 5) is 49.5. The molecule has 34 heavy (non-hydrogen) atoms. The van der Waals surface area contributed by atoms with Crippen LogP contribution < -0.4 is 25.8 Å². The summed E-state index contributed by atoms with van der Waals surface area (Å²) in [6, 6.07) is 2.96. The third-order valence-electron chi connectivity index (χ3n) is 5.58. The summed E-state index contributed by atoms with van der Waals surface area (Å²) in [5.41, 5.74) is 1.13. The number of hydrogen-bond acceptors (Lipinski definition) is 9. The van der Waals surface area contributed by atoms with Crippen LogP contribution >= 0.6 is 0 Å². The number of carbonyl (C=O) groups is 2. The molecule has 2 amide bonds. The van der Waals surface area contributed by atoms with Crippen LogP contribution in [0.2, 0.25) is 0 Å². The van der Waals surface area contributed by atoms with Crippen molar-refractivity contribution in [2.24, 2.45) is 7.05 Å². The molecular formula is C21H20FN7O5. The van der Waals surface area contributed by atoms with Crippen LogP contribution in [0.1, 0.15) is 5.56 Å². The number of hydrogen-bond donors (Lipinski definition) is 2. The zero-order chi connectivity index (χ0) is 23.8. The molecule has 0 aromatic carbocycles. The molecule has 0 radical (unpaired) electrons. The molecular weight excluding hydrogens is 449 g/mol. The second-order valence-corrected chi connectivity index (χ2v) is 7.84. The summed E-state index contributed by atoms with van der Waals surface area (Å²) in [5.74, 6) is -0.297. The van der Waals surface area contributed by atoms with Gasteiger partial charge in [-0.1, -0.05) is 0 Å². The standard InChI is InChI=1S/C21H20FN7O5/c1-28-17(31)3-2-14-18(28)12(13(22)7-24-14)4-5-23-6-11-9-29(21(32)34-11)15-8-25-20-19(26-15)27-16(30)10-33-20/h2-3,7-8,11,23H,4-6,9-10H2,1H3,(H,26,27,30)/t11-/m0/s1. The first kappa shape index (κ1) is 21.7. The number of nitrogens with zero attached hydrogens (tertiary/aromatic N) is 5. The van der Waals surface area contributed by atoms with Crippen molar-refractivity contribution in [3.63, 3.8) is 0 Å². The molecule has 0 spiro atoms. The van der Waals surface area contributed by atoms with Gasteiger partial charge in [-0.25, -0.2) is 19.2 Å². The summed E-state index contributed by atoms with van der Waals surface area (Å²) < 4.78 is 26.4. The van der Waals surface area contributed by atoms with Crippen LogP contribution in [-0.4, -0.2) is 63.9 Å². The average Bonchev–Trinajstić information content (AvgIpc) is 3.20. The maximum atomic E-state index is 14.5. The van der Waals surface area contributed by atoms with Crippen LogP contribution in [0.4, 0.5) is 20.8 Å². The van der Waals surface area contributed by atoms with E-state index in [0.717, 1.165) is 6.20 Å². The van der Waals surface area contributed by atoms with E-state index in [4.69, 9.17) is 9.47 Å². The van der Waals surface area contributed by atoms with E-state index in [1.54, 1.807) is 13.1 Å². The molecule has 1 saturated heterocycles. The van der Waals surface area contributed by atoms with Gasteiger partial charge < -0.3 is 24.7 Å². The van der Waals surface area contributed by atoms with E-state index in [1.807, 2.05) is 0 Å². The van der Waals surface area contributed by atoms with E-state index in [1.165, 1.54) is 21.7 Å². The van der Waals surface area contributed by atoms with Crippen molar-refractivity contribution in [2.45, 2.75) is 12.5 Å². The highest BCUT2D eigenvalue weighted by atomic mass is 19.1. The van der Waals surface area contributed by atoms with Gasteiger partial charge in [0.15, 0.2) is 18.2 Å². The zero-order valence-corrected chi connectivity index (χ0v) is 18.1. The first-order valence-electron chi connectivity index (χ1n) is 10.5.